The van der Waals surface area contributed by atoms with E-state index in [1.807, 2.05) is 32.7 Å². The van der Waals surface area contributed by atoms with Crippen molar-refractivity contribution in [2.24, 2.45) is 11.8 Å². The lowest BCUT2D eigenvalue weighted by atomic mass is 9.87. The van der Waals surface area contributed by atoms with Crippen molar-refractivity contribution in [3.05, 3.63) is 0 Å². The molecule has 0 aromatic heterocycles. The van der Waals surface area contributed by atoms with Crippen LogP contribution in [0.5, 0.6) is 0 Å². The van der Waals surface area contributed by atoms with Crippen LogP contribution in [0.15, 0.2) is 0 Å². The van der Waals surface area contributed by atoms with Gasteiger partial charge in [-0.2, -0.15) is 0 Å². The number of nitrogens with zero attached hydrogens (tertiary/aromatic N) is 1. The smallest absolute Gasteiger partial charge is 0.410 e. The molecule has 1 fully saturated rings. The average molecular weight is 256 g/mol. The first-order valence-electron chi connectivity index (χ1n) is 6.96. The molecule has 0 spiro atoms. The lowest BCUT2D eigenvalue weighted by molar-refractivity contribution is 0.0136. The Balaban J connectivity index is 2.50. The zero-order valence-electron chi connectivity index (χ0n) is 12.5. The second-order valence-electron chi connectivity index (χ2n) is 6.36. The molecule has 1 saturated heterocycles. The van der Waals surface area contributed by atoms with Crippen molar-refractivity contribution in [3.63, 3.8) is 0 Å². The van der Waals surface area contributed by atoms with E-state index in [0.717, 1.165) is 26.1 Å². The molecule has 106 valence electrons. The Labute approximate surface area is 111 Å². The van der Waals surface area contributed by atoms with Crippen LogP contribution < -0.4 is 5.32 Å². The monoisotopic (exact) mass is 256 g/mol. The summed E-state index contributed by atoms with van der Waals surface area (Å²) < 4.78 is 5.44. The molecule has 0 saturated carbocycles. The van der Waals surface area contributed by atoms with Crippen LogP contribution >= 0.6 is 0 Å². The number of piperidine rings is 1. The fraction of sp³-hybridized carbons (Fsp3) is 0.929. The minimum absolute atomic E-state index is 0.163. The number of amides is 1. The maximum absolute atomic E-state index is 12.0. The van der Waals surface area contributed by atoms with Gasteiger partial charge in [-0.25, -0.2) is 4.79 Å². The highest BCUT2D eigenvalue weighted by atomic mass is 16.6. The number of carbonyl (C=O) groups is 1. The van der Waals surface area contributed by atoms with Crippen LogP contribution in [-0.2, 0) is 4.74 Å². The predicted molar refractivity (Wildman–Crippen MR) is 73.6 cm³/mol. The Kier molecular flexibility index (Phi) is 5.45. The largest absolute Gasteiger partial charge is 0.444 e. The molecule has 4 nitrogen and oxygen atoms in total. The molecule has 18 heavy (non-hydrogen) atoms. The molecular formula is C14H28N2O2. The van der Waals surface area contributed by atoms with Crippen molar-refractivity contribution in [1.29, 1.82) is 0 Å². The van der Waals surface area contributed by atoms with E-state index in [1.54, 1.807) is 0 Å². The van der Waals surface area contributed by atoms with Gasteiger partial charge in [0.1, 0.15) is 5.60 Å². The summed E-state index contributed by atoms with van der Waals surface area (Å²) in [6, 6.07) is 0. The predicted octanol–water partition coefficient (Wildman–Crippen LogP) is 2.49. The van der Waals surface area contributed by atoms with Gasteiger partial charge in [-0.1, -0.05) is 6.92 Å². The van der Waals surface area contributed by atoms with Crippen molar-refractivity contribution in [3.8, 4) is 0 Å². The van der Waals surface area contributed by atoms with Gasteiger partial charge in [0, 0.05) is 13.1 Å². The first-order chi connectivity index (χ1) is 8.33. The molecule has 0 aromatic rings. The van der Waals surface area contributed by atoms with Gasteiger partial charge < -0.3 is 15.0 Å². The van der Waals surface area contributed by atoms with Crippen molar-refractivity contribution in [2.75, 3.05) is 26.7 Å². The molecule has 1 aliphatic rings. The number of nitrogens with one attached hydrogen (secondary N) is 1. The summed E-state index contributed by atoms with van der Waals surface area (Å²) in [5, 5.41) is 3.21. The van der Waals surface area contributed by atoms with Crippen LogP contribution in [-0.4, -0.2) is 43.3 Å². The molecule has 0 radical (unpaired) electrons. The minimum atomic E-state index is -0.402. The Morgan fingerprint density at radius 3 is 2.72 bits per heavy atom. The zero-order chi connectivity index (χ0) is 13.8. The van der Waals surface area contributed by atoms with E-state index in [-0.39, 0.29) is 6.09 Å². The number of carbonyl (C=O) groups excluding carboxylic acids is 1. The van der Waals surface area contributed by atoms with Gasteiger partial charge in [0.2, 0.25) is 0 Å². The van der Waals surface area contributed by atoms with Gasteiger partial charge in [-0.05, 0) is 59.0 Å². The molecule has 1 aliphatic heterocycles. The fourth-order valence-electron chi connectivity index (χ4n) is 2.46. The maximum Gasteiger partial charge on any atom is 0.410 e. The van der Waals surface area contributed by atoms with Crippen LogP contribution in [0.1, 0.15) is 40.5 Å². The highest BCUT2D eigenvalue weighted by molar-refractivity contribution is 5.68. The lowest BCUT2D eigenvalue weighted by Crippen LogP contribution is -2.45. The van der Waals surface area contributed by atoms with Crippen LogP contribution in [0.3, 0.4) is 0 Å². The summed E-state index contributed by atoms with van der Waals surface area (Å²) in [6.07, 6.45) is 2.13. The number of rotatable bonds is 3. The summed E-state index contributed by atoms with van der Waals surface area (Å²) in [4.78, 5) is 13.9. The Morgan fingerprint density at radius 1 is 1.50 bits per heavy atom. The molecule has 2 atom stereocenters. The van der Waals surface area contributed by atoms with Gasteiger partial charge in [0.25, 0.3) is 0 Å². The standard InChI is InChI=1S/C14H28N2O2/c1-11(9-15-5)12-7-6-8-16(10-12)13(17)18-14(2,3)4/h11-12,15H,6-10H2,1-5H3. The quantitative estimate of drug-likeness (QED) is 0.843. The van der Waals surface area contributed by atoms with Crippen LogP contribution in [0.2, 0.25) is 0 Å². The highest BCUT2D eigenvalue weighted by Gasteiger charge is 2.29. The summed E-state index contributed by atoms with van der Waals surface area (Å²) in [7, 11) is 1.98. The summed E-state index contributed by atoms with van der Waals surface area (Å²) in [5.74, 6) is 1.18. The average Bonchev–Trinajstić information content (AvgIpc) is 2.27. The molecule has 2 unspecified atom stereocenters. The molecule has 1 heterocycles. The lowest BCUT2D eigenvalue weighted by Gasteiger charge is -2.36. The van der Waals surface area contributed by atoms with Gasteiger partial charge in [-0.15, -0.1) is 0 Å². The van der Waals surface area contributed by atoms with E-state index >= 15 is 0 Å². The van der Waals surface area contributed by atoms with E-state index < -0.39 is 5.60 Å². The number of hydrogen-bond donors (Lipinski definition) is 1. The zero-order valence-corrected chi connectivity index (χ0v) is 12.5. The second kappa shape index (κ2) is 6.41. The normalized spacial score (nSPS) is 22.7. The fourth-order valence-corrected chi connectivity index (χ4v) is 2.46. The molecule has 0 aliphatic carbocycles. The summed E-state index contributed by atoms with van der Waals surface area (Å²) in [6.45, 7) is 10.7. The van der Waals surface area contributed by atoms with Gasteiger partial charge in [0.15, 0.2) is 0 Å². The van der Waals surface area contributed by atoms with Crippen molar-refractivity contribution in [2.45, 2.75) is 46.1 Å². The maximum atomic E-state index is 12.0. The summed E-state index contributed by atoms with van der Waals surface area (Å²) >= 11 is 0. The Hall–Kier alpha value is -0.770. The van der Waals surface area contributed by atoms with Gasteiger partial charge >= 0.3 is 6.09 Å². The van der Waals surface area contributed by atoms with Crippen molar-refractivity contribution < 1.29 is 9.53 Å². The van der Waals surface area contributed by atoms with E-state index in [0.29, 0.717) is 11.8 Å². The highest BCUT2D eigenvalue weighted by Crippen LogP contribution is 2.24. The molecule has 1 N–H and O–H groups in total. The van der Waals surface area contributed by atoms with E-state index in [9.17, 15) is 4.79 Å². The summed E-state index contributed by atoms with van der Waals surface area (Å²) in [5.41, 5.74) is -0.402. The third-order valence-corrected chi connectivity index (χ3v) is 3.44. The number of hydrogen-bond acceptors (Lipinski definition) is 3. The molecule has 0 bridgehead atoms. The Morgan fingerprint density at radius 2 is 2.17 bits per heavy atom. The SMILES string of the molecule is CNCC(C)C1CCCN(C(=O)OC(C)(C)C)C1. The van der Waals surface area contributed by atoms with Gasteiger partial charge in [-0.3, -0.25) is 0 Å². The third-order valence-electron chi connectivity index (χ3n) is 3.44. The number of ether oxygens (including phenoxy) is 1. The Bertz CT molecular complexity index is 273. The first-order valence-corrected chi connectivity index (χ1v) is 6.96. The minimum Gasteiger partial charge on any atom is -0.444 e. The molecular weight excluding hydrogens is 228 g/mol. The van der Waals surface area contributed by atoms with Crippen LogP contribution in [0, 0.1) is 11.8 Å². The first kappa shape index (κ1) is 15.3. The van der Waals surface area contributed by atoms with E-state index in [2.05, 4.69) is 12.2 Å². The molecule has 1 amide bonds. The van der Waals surface area contributed by atoms with Crippen molar-refractivity contribution in [1.82, 2.24) is 10.2 Å². The van der Waals surface area contributed by atoms with Crippen molar-refractivity contribution >= 4 is 6.09 Å². The van der Waals surface area contributed by atoms with Gasteiger partial charge in [0.05, 0.1) is 0 Å². The third kappa shape index (κ3) is 4.84. The second-order valence-corrected chi connectivity index (χ2v) is 6.36. The van der Waals surface area contributed by atoms with Crippen LogP contribution in [0.4, 0.5) is 4.79 Å². The topological polar surface area (TPSA) is 41.6 Å². The van der Waals surface area contributed by atoms with E-state index in [1.165, 1.54) is 6.42 Å². The van der Waals surface area contributed by atoms with E-state index in [4.69, 9.17) is 4.74 Å². The molecule has 1 rings (SSSR count). The molecule has 0 aromatic carbocycles. The number of likely N-dealkylation sites (tertiary alicyclic amines) is 1. The molecule has 4 heteroatoms. The van der Waals surface area contributed by atoms with Crippen LogP contribution in [0.25, 0.3) is 0 Å².